The minimum atomic E-state index is 0.0256. The van der Waals surface area contributed by atoms with E-state index in [2.05, 4.69) is 27.0 Å². The maximum Gasteiger partial charge on any atom is 0.0947 e. The average molecular weight is 154 g/mol. The van der Waals surface area contributed by atoms with Crippen molar-refractivity contribution in [2.45, 2.75) is 27.2 Å². The van der Waals surface area contributed by atoms with E-state index >= 15 is 0 Å². The van der Waals surface area contributed by atoms with Gasteiger partial charge in [0.2, 0.25) is 0 Å². The highest BCUT2D eigenvalue weighted by Gasteiger charge is 2.20. The molecule has 0 bridgehead atoms. The van der Waals surface area contributed by atoms with Crippen LogP contribution in [0.4, 0.5) is 0 Å². The molecule has 0 spiro atoms. The molecule has 0 unspecified atom stereocenters. The molecule has 0 atom stereocenters. The summed E-state index contributed by atoms with van der Waals surface area (Å²) in [5.74, 6) is 0.847. The molecule has 0 heterocycles. The minimum Gasteiger partial charge on any atom is -0.498 e. The van der Waals surface area contributed by atoms with E-state index in [0.29, 0.717) is 6.61 Å². The van der Waals surface area contributed by atoms with Gasteiger partial charge in [0.25, 0.3) is 0 Å². The summed E-state index contributed by atoms with van der Waals surface area (Å²) in [5, 5.41) is 0. The smallest absolute Gasteiger partial charge is 0.0947 e. The molecule has 0 aliphatic carbocycles. The third-order valence-corrected chi connectivity index (χ3v) is 1.73. The van der Waals surface area contributed by atoms with Crippen LogP contribution < -0.4 is 0 Å². The Kier molecular flexibility index (Phi) is 3.94. The minimum absolute atomic E-state index is 0.0256. The Labute approximate surface area is 69.8 Å². The topological polar surface area (TPSA) is 9.23 Å². The number of hydrogen-bond acceptors (Lipinski definition) is 1. The predicted octanol–water partition coefficient (Wildman–Crippen LogP) is 3.14. The average Bonchev–Trinajstić information content (AvgIpc) is 1.88. The Morgan fingerprint density at radius 3 is 2.45 bits per heavy atom. The molecule has 0 aromatic heterocycles. The second kappa shape index (κ2) is 4.22. The van der Waals surface area contributed by atoms with Gasteiger partial charge in [-0.3, -0.25) is 0 Å². The van der Waals surface area contributed by atoms with Gasteiger partial charge in [-0.15, -0.1) is 6.58 Å². The highest BCUT2D eigenvalue weighted by atomic mass is 16.5. The van der Waals surface area contributed by atoms with Crippen molar-refractivity contribution in [2.24, 2.45) is 5.41 Å². The zero-order valence-corrected chi connectivity index (χ0v) is 7.81. The highest BCUT2D eigenvalue weighted by Crippen LogP contribution is 2.29. The fourth-order valence-electron chi connectivity index (χ4n) is 0.844. The summed E-state index contributed by atoms with van der Waals surface area (Å²) in [6, 6.07) is 0. The number of rotatable bonds is 5. The van der Waals surface area contributed by atoms with Crippen molar-refractivity contribution in [2.75, 3.05) is 6.61 Å². The molecule has 11 heavy (non-hydrogen) atoms. The lowest BCUT2D eigenvalue weighted by atomic mass is 9.88. The van der Waals surface area contributed by atoms with E-state index in [0.717, 1.165) is 12.2 Å². The zero-order valence-electron chi connectivity index (χ0n) is 7.81. The van der Waals surface area contributed by atoms with Gasteiger partial charge in [-0.2, -0.15) is 0 Å². The van der Waals surface area contributed by atoms with Crippen LogP contribution in [0.2, 0.25) is 0 Å². The molecular weight excluding hydrogens is 136 g/mol. The van der Waals surface area contributed by atoms with Crippen LogP contribution in [0.25, 0.3) is 0 Å². The third kappa shape index (κ3) is 3.26. The number of allylic oxidation sites excluding steroid dienone is 2. The van der Waals surface area contributed by atoms with Gasteiger partial charge in [0.05, 0.1) is 12.4 Å². The lowest BCUT2D eigenvalue weighted by molar-refractivity contribution is 0.157. The lowest BCUT2D eigenvalue weighted by Gasteiger charge is -2.25. The number of hydrogen-bond donors (Lipinski definition) is 0. The summed E-state index contributed by atoms with van der Waals surface area (Å²) in [7, 11) is 0. The maximum absolute atomic E-state index is 5.32. The Hall–Kier alpha value is -0.720. The molecule has 0 rings (SSSR count). The summed E-state index contributed by atoms with van der Waals surface area (Å²) in [6.07, 6.45) is 2.80. The first kappa shape index (κ1) is 10.3. The van der Waals surface area contributed by atoms with Crippen LogP contribution in [-0.2, 0) is 4.74 Å². The summed E-state index contributed by atoms with van der Waals surface area (Å²) in [4.78, 5) is 0. The SMILES string of the molecule is C=CCC(C)(C)C(=C)OCC. The first-order chi connectivity index (χ1) is 5.04. The first-order valence-electron chi connectivity index (χ1n) is 3.97. The molecule has 0 aromatic rings. The quantitative estimate of drug-likeness (QED) is 0.436. The monoisotopic (exact) mass is 154 g/mol. The van der Waals surface area contributed by atoms with Crippen LogP contribution in [0.5, 0.6) is 0 Å². The van der Waals surface area contributed by atoms with Gasteiger partial charge in [-0.25, -0.2) is 0 Å². The largest absolute Gasteiger partial charge is 0.498 e. The standard InChI is InChI=1S/C10H18O/c1-6-8-10(4,5)9(3)11-7-2/h6H,1,3,7-8H2,2,4-5H3. The molecular formula is C10H18O. The molecule has 0 saturated heterocycles. The van der Waals surface area contributed by atoms with Gasteiger partial charge in [0.15, 0.2) is 0 Å². The Bertz CT molecular complexity index is 145. The van der Waals surface area contributed by atoms with Gasteiger partial charge in [0.1, 0.15) is 0 Å². The molecule has 0 aliphatic rings. The van der Waals surface area contributed by atoms with Crippen molar-refractivity contribution < 1.29 is 4.74 Å². The van der Waals surface area contributed by atoms with E-state index < -0.39 is 0 Å². The first-order valence-corrected chi connectivity index (χ1v) is 3.97. The lowest BCUT2D eigenvalue weighted by Crippen LogP contribution is -2.15. The summed E-state index contributed by atoms with van der Waals surface area (Å²) < 4.78 is 5.32. The van der Waals surface area contributed by atoms with Gasteiger partial charge < -0.3 is 4.74 Å². The highest BCUT2D eigenvalue weighted by molar-refractivity contribution is 5.01. The van der Waals surface area contributed by atoms with Crippen molar-refractivity contribution in [1.29, 1.82) is 0 Å². The van der Waals surface area contributed by atoms with Crippen molar-refractivity contribution in [3.05, 3.63) is 25.0 Å². The molecule has 0 aliphatic heterocycles. The second-order valence-electron chi connectivity index (χ2n) is 3.23. The summed E-state index contributed by atoms with van der Waals surface area (Å²) >= 11 is 0. The zero-order chi connectivity index (χ0) is 8.91. The van der Waals surface area contributed by atoms with Crippen molar-refractivity contribution in [3.63, 3.8) is 0 Å². The summed E-state index contributed by atoms with van der Waals surface area (Å²) in [6.45, 7) is 14.4. The second-order valence-corrected chi connectivity index (χ2v) is 3.23. The fourth-order valence-corrected chi connectivity index (χ4v) is 0.844. The fraction of sp³-hybridized carbons (Fsp3) is 0.600. The molecule has 1 nitrogen and oxygen atoms in total. The predicted molar refractivity (Wildman–Crippen MR) is 49.4 cm³/mol. The molecule has 0 saturated carbocycles. The number of ether oxygens (including phenoxy) is 1. The molecule has 64 valence electrons. The van der Waals surface area contributed by atoms with Gasteiger partial charge in [-0.05, 0) is 13.3 Å². The third-order valence-electron chi connectivity index (χ3n) is 1.73. The van der Waals surface area contributed by atoms with Gasteiger partial charge in [0, 0.05) is 5.41 Å². The molecule has 0 aromatic carbocycles. The van der Waals surface area contributed by atoms with Crippen LogP contribution in [0.3, 0.4) is 0 Å². The summed E-state index contributed by atoms with van der Waals surface area (Å²) in [5.41, 5.74) is 0.0256. The molecule has 0 radical (unpaired) electrons. The van der Waals surface area contributed by atoms with Crippen LogP contribution in [0.15, 0.2) is 25.0 Å². The van der Waals surface area contributed by atoms with Crippen LogP contribution in [-0.4, -0.2) is 6.61 Å². The van der Waals surface area contributed by atoms with E-state index in [4.69, 9.17) is 4.74 Å². The molecule has 0 amide bonds. The van der Waals surface area contributed by atoms with Crippen molar-refractivity contribution >= 4 is 0 Å². The van der Waals surface area contributed by atoms with E-state index in [1.165, 1.54) is 0 Å². The van der Waals surface area contributed by atoms with Gasteiger partial charge in [-0.1, -0.05) is 26.5 Å². The Balaban J connectivity index is 4.05. The Morgan fingerprint density at radius 2 is 2.09 bits per heavy atom. The van der Waals surface area contributed by atoms with Crippen LogP contribution in [0.1, 0.15) is 27.2 Å². The molecule has 0 fully saturated rings. The van der Waals surface area contributed by atoms with Crippen LogP contribution >= 0.6 is 0 Å². The molecule has 1 heteroatoms. The van der Waals surface area contributed by atoms with E-state index in [1.807, 2.05) is 13.0 Å². The normalized spacial score (nSPS) is 10.8. The Morgan fingerprint density at radius 1 is 1.55 bits per heavy atom. The van der Waals surface area contributed by atoms with Crippen LogP contribution in [0, 0.1) is 5.41 Å². The van der Waals surface area contributed by atoms with Crippen molar-refractivity contribution in [3.8, 4) is 0 Å². The van der Waals surface area contributed by atoms with Crippen molar-refractivity contribution in [1.82, 2.24) is 0 Å². The maximum atomic E-state index is 5.32. The van der Waals surface area contributed by atoms with Gasteiger partial charge >= 0.3 is 0 Å². The van der Waals surface area contributed by atoms with E-state index in [-0.39, 0.29) is 5.41 Å². The van der Waals surface area contributed by atoms with E-state index in [9.17, 15) is 0 Å². The molecule has 0 N–H and O–H groups in total. The van der Waals surface area contributed by atoms with E-state index in [1.54, 1.807) is 0 Å².